The van der Waals surface area contributed by atoms with Crippen molar-refractivity contribution in [2.45, 2.75) is 174 Å². The number of ether oxygens (including phenoxy) is 4. The second-order valence-electron chi connectivity index (χ2n) is 19.3. The van der Waals surface area contributed by atoms with Gasteiger partial charge in [-0.3, -0.25) is 4.79 Å². The van der Waals surface area contributed by atoms with Crippen LogP contribution >= 0.6 is 0 Å². The first kappa shape index (κ1) is 35.2. The Morgan fingerprint density at radius 1 is 0.673 bits per heavy atom. The van der Waals surface area contributed by atoms with Crippen molar-refractivity contribution in [3.05, 3.63) is 0 Å². The maximum Gasteiger partial charge on any atom is 0.223 e. The van der Waals surface area contributed by atoms with Crippen molar-refractivity contribution in [3.8, 4) is 0 Å². The summed E-state index contributed by atoms with van der Waals surface area (Å²) in [4.78, 5) is 39.3. The molecule has 10 heteroatoms. The Morgan fingerprint density at radius 2 is 1.12 bits per heavy atom. The fourth-order valence-corrected chi connectivity index (χ4v) is 11.9. The second kappa shape index (κ2) is 12.1. The summed E-state index contributed by atoms with van der Waals surface area (Å²) in [5, 5.41) is 3.32. The molecule has 8 saturated heterocycles. The summed E-state index contributed by atoms with van der Waals surface area (Å²) in [5.41, 5.74) is -1.28. The lowest BCUT2D eigenvalue weighted by molar-refractivity contribution is -0.571. The van der Waals surface area contributed by atoms with E-state index in [0.29, 0.717) is 43.1 Å². The highest BCUT2D eigenvalue weighted by atomic mass is 17.3. The van der Waals surface area contributed by atoms with E-state index >= 15 is 0 Å². The molecule has 10 aliphatic rings. The molecule has 49 heavy (non-hydrogen) atoms. The van der Waals surface area contributed by atoms with Crippen molar-refractivity contribution in [1.82, 2.24) is 5.32 Å². The topological polar surface area (TPSA) is 103 Å². The molecule has 1 N–H and O–H groups in total. The van der Waals surface area contributed by atoms with Gasteiger partial charge in [0, 0.05) is 37.1 Å². The lowest BCUT2D eigenvalue weighted by atomic mass is 9.56. The molecule has 8 aliphatic heterocycles. The van der Waals surface area contributed by atoms with E-state index in [4.69, 9.17) is 38.5 Å². The molecule has 2 spiro atoms. The van der Waals surface area contributed by atoms with Crippen LogP contribution in [0.1, 0.15) is 127 Å². The van der Waals surface area contributed by atoms with Crippen LogP contribution in [0.5, 0.6) is 0 Å². The van der Waals surface area contributed by atoms with E-state index in [-0.39, 0.29) is 53.1 Å². The molecule has 2 saturated carbocycles. The molecule has 8 heterocycles. The Morgan fingerprint density at radius 3 is 1.55 bits per heavy atom. The van der Waals surface area contributed by atoms with Gasteiger partial charge in [0.05, 0.1) is 12.2 Å². The highest BCUT2D eigenvalue weighted by molar-refractivity contribution is 5.78. The highest BCUT2D eigenvalue weighted by Gasteiger charge is 2.71. The Balaban J connectivity index is 1.07. The number of carbonyl (C=O) groups is 1. The molecule has 0 radical (unpaired) electrons. The number of amides is 1. The zero-order valence-electron chi connectivity index (χ0n) is 31.5. The number of hydrogen-bond donors (Lipinski definition) is 1. The molecule has 0 aromatic carbocycles. The monoisotopic (exact) mass is 689 g/mol. The van der Waals surface area contributed by atoms with Crippen LogP contribution < -0.4 is 5.32 Å². The first-order chi connectivity index (χ1) is 23.1. The summed E-state index contributed by atoms with van der Waals surface area (Å²) in [6, 6.07) is 0. The maximum atomic E-state index is 14.3. The summed E-state index contributed by atoms with van der Waals surface area (Å²) in [6.07, 6.45) is 7.73. The summed E-state index contributed by atoms with van der Waals surface area (Å²) in [5.74, 6) is 0.489. The SMILES string of the molecule is C[C@H]1[C@@H](CC(C[C@H]2O[C@@H]3O[C@@]4(C)CC[C@H]5[C@H](C)CC[C@@H]([C@H]2C)[C@@]35OO4)C(=O)NCC(C)(C)C)O[C@@H]2O[C@@]3(C)CC[C@H]4[C@H](C)CC[C@@H]1[C@@]24OO3. The molecule has 4 bridgehead atoms. The van der Waals surface area contributed by atoms with Gasteiger partial charge in [0.1, 0.15) is 0 Å². The van der Waals surface area contributed by atoms with Crippen LogP contribution in [0.15, 0.2) is 0 Å². The second-order valence-corrected chi connectivity index (χ2v) is 19.3. The fraction of sp³-hybridized carbons (Fsp3) is 0.974. The van der Waals surface area contributed by atoms with Gasteiger partial charge in [0.2, 0.25) is 17.5 Å². The lowest BCUT2D eigenvalue weighted by Gasteiger charge is -2.61. The molecule has 16 atom stereocenters. The predicted molar refractivity (Wildman–Crippen MR) is 179 cm³/mol. The van der Waals surface area contributed by atoms with Gasteiger partial charge in [-0.25, -0.2) is 19.6 Å². The van der Waals surface area contributed by atoms with Crippen LogP contribution in [0.25, 0.3) is 0 Å². The van der Waals surface area contributed by atoms with Crippen LogP contribution in [0.4, 0.5) is 0 Å². The average molecular weight is 690 g/mol. The van der Waals surface area contributed by atoms with Gasteiger partial charge in [-0.15, -0.1) is 0 Å². The number of rotatable bonds is 6. The zero-order valence-corrected chi connectivity index (χ0v) is 31.5. The van der Waals surface area contributed by atoms with Crippen molar-refractivity contribution < 1.29 is 43.3 Å². The van der Waals surface area contributed by atoms with Gasteiger partial charge in [0.15, 0.2) is 23.8 Å². The van der Waals surface area contributed by atoms with Crippen LogP contribution in [-0.4, -0.2) is 60.0 Å². The summed E-state index contributed by atoms with van der Waals surface area (Å²) >= 11 is 0. The lowest BCUT2D eigenvalue weighted by Crippen LogP contribution is -2.70. The normalized spacial score (nSPS) is 53.9. The van der Waals surface area contributed by atoms with Crippen molar-refractivity contribution in [2.75, 3.05) is 6.54 Å². The third-order valence-corrected chi connectivity index (χ3v) is 14.8. The maximum absolute atomic E-state index is 14.3. The molecular formula is C39H63NO9. The third-order valence-electron chi connectivity index (χ3n) is 14.8. The molecular weight excluding hydrogens is 626 g/mol. The molecule has 278 valence electrons. The number of carbonyl (C=O) groups excluding carboxylic acids is 1. The number of hydrogen-bond acceptors (Lipinski definition) is 9. The molecule has 0 aromatic heterocycles. The quantitative estimate of drug-likeness (QED) is 0.294. The molecule has 0 aromatic rings. The summed E-state index contributed by atoms with van der Waals surface area (Å²) in [7, 11) is 0. The van der Waals surface area contributed by atoms with Gasteiger partial charge in [-0.05, 0) is 106 Å². The largest absolute Gasteiger partial charge is 0.355 e. The molecule has 2 aliphatic carbocycles. The van der Waals surface area contributed by atoms with Crippen LogP contribution in [0.2, 0.25) is 0 Å². The predicted octanol–water partition coefficient (Wildman–Crippen LogP) is 7.05. The van der Waals surface area contributed by atoms with Crippen LogP contribution in [0, 0.1) is 58.7 Å². The van der Waals surface area contributed by atoms with E-state index in [1.165, 1.54) is 0 Å². The van der Waals surface area contributed by atoms with E-state index < -0.39 is 35.4 Å². The smallest absolute Gasteiger partial charge is 0.223 e. The van der Waals surface area contributed by atoms with Gasteiger partial charge in [-0.2, -0.15) is 0 Å². The van der Waals surface area contributed by atoms with Gasteiger partial charge in [0.25, 0.3) is 0 Å². The Kier molecular flexibility index (Phi) is 8.68. The standard InChI is InChI=1S/C39H63NO9/c1-21-10-12-28-23(3)30(42-33-38(28)26(21)14-16-36(8,44-33)46-48-38)18-25(32(41)40-20-35(5,6)7)19-31-24(4)29-13-11-22(2)27-15-17-37(9)45-34(43-31)39(27,29)49-47-37/h21-31,33-34H,10-20H2,1-9H3,(H,40,41)/t21-,22-,23-,24-,26+,27+,28+,29+,30-,31-,33-,34-,36-,37-,38-,39-/m1/s1. The van der Waals surface area contributed by atoms with E-state index in [0.717, 1.165) is 51.4 Å². The van der Waals surface area contributed by atoms with Gasteiger partial charge < -0.3 is 24.3 Å². The average Bonchev–Trinajstić information content (AvgIpc) is 3.41. The van der Waals surface area contributed by atoms with Crippen molar-refractivity contribution in [1.29, 1.82) is 0 Å². The summed E-state index contributed by atoms with van der Waals surface area (Å²) in [6.45, 7) is 20.3. The molecule has 10 fully saturated rings. The van der Waals surface area contributed by atoms with E-state index in [9.17, 15) is 4.79 Å². The van der Waals surface area contributed by atoms with Crippen molar-refractivity contribution in [2.24, 2.45) is 58.7 Å². The zero-order chi connectivity index (χ0) is 34.7. The first-order valence-corrected chi connectivity index (χ1v) is 19.8. The Labute approximate surface area is 293 Å². The fourth-order valence-electron chi connectivity index (χ4n) is 11.9. The van der Waals surface area contributed by atoms with Crippen LogP contribution in [0.3, 0.4) is 0 Å². The number of fused-ring (bicyclic) bond motifs is 4. The van der Waals surface area contributed by atoms with Gasteiger partial charge >= 0.3 is 0 Å². The van der Waals surface area contributed by atoms with Crippen LogP contribution in [-0.2, 0) is 43.3 Å². The summed E-state index contributed by atoms with van der Waals surface area (Å²) < 4.78 is 27.4. The molecule has 10 rings (SSSR count). The van der Waals surface area contributed by atoms with Gasteiger partial charge in [-0.1, -0.05) is 48.5 Å². The first-order valence-electron chi connectivity index (χ1n) is 19.8. The minimum Gasteiger partial charge on any atom is -0.355 e. The number of nitrogens with one attached hydrogen (secondary N) is 1. The molecule has 1 amide bonds. The molecule has 0 unspecified atom stereocenters. The highest BCUT2D eigenvalue weighted by Crippen LogP contribution is 2.63. The van der Waals surface area contributed by atoms with Crippen molar-refractivity contribution in [3.63, 3.8) is 0 Å². The minimum atomic E-state index is -0.830. The Bertz CT molecular complexity index is 1200. The van der Waals surface area contributed by atoms with Crippen molar-refractivity contribution >= 4 is 5.91 Å². The van der Waals surface area contributed by atoms with E-state index in [1.807, 2.05) is 13.8 Å². The minimum absolute atomic E-state index is 0.0374. The van der Waals surface area contributed by atoms with E-state index in [1.54, 1.807) is 0 Å². The third kappa shape index (κ3) is 5.59. The Hall–Kier alpha value is -0.850. The molecule has 10 nitrogen and oxygen atoms in total. The van der Waals surface area contributed by atoms with E-state index in [2.05, 4.69) is 53.8 Å².